The molecule has 2 aliphatic rings. The number of carboxylic acid groups (broad SMARTS) is 1. The summed E-state index contributed by atoms with van der Waals surface area (Å²) in [6, 6.07) is -0.246. The van der Waals surface area contributed by atoms with Crippen molar-refractivity contribution in [2.45, 2.75) is 25.5 Å². The quantitative estimate of drug-likeness (QED) is 0.591. The summed E-state index contributed by atoms with van der Waals surface area (Å²) in [5.41, 5.74) is 0.0142. The third kappa shape index (κ3) is 1.92. The predicted octanol–water partition coefficient (Wildman–Crippen LogP) is -0.380. The highest BCUT2D eigenvalue weighted by molar-refractivity contribution is 8.03. The lowest BCUT2D eigenvalue weighted by Crippen LogP contribution is -2.61. The maximum absolute atomic E-state index is 11.8. The van der Waals surface area contributed by atoms with Crippen LogP contribution in [0, 0.1) is 5.92 Å². The topological polar surface area (TPSA) is 98.1 Å². The SMILES string of the molecule is C[C@H](O)[C@H]1C(=O)N2C(C(=O)O)=C(SCCO)C[C@H]12. The fraction of sp³-hybridized carbons (Fsp3) is 0.636. The molecule has 18 heavy (non-hydrogen) atoms. The molecular weight excluding hydrogens is 258 g/mol. The maximum Gasteiger partial charge on any atom is 0.353 e. The van der Waals surface area contributed by atoms with Gasteiger partial charge in [0.05, 0.1) is 24.7 Å². The van der Waals surface area contributed by atoms with E-state index in [1.165, 1.54) is 16.7 Å². The standard InChI is InChI=1S/C11H15NO5S/c1-5(14)8-6-4-7(18-3-2-13)9(11(16)17)12(6)10(8)15/h5-6,8,13-14H,2-4H2,1H3,(H,16,17)/t5-,6+,8+/m0/s1. The third-order valence-electron chi connectivity index (χ3n) is 3.26. The molecule has 0 spiro atoms. The van der Waals surface area contributed by atoms with Crippen molar-refractivity contribution in [3.8, 4) is 0 Å². The largest absolute Gasteiger partial charge is 0.477 e. The van der Waals surface area contributed by atoms with Crippen LogP contribution in [0.25, 0.3) is 0 Å². The van der Waals surface area contributed by atoms with Crippen LogP contribution in [-0.4, -0.2) is 56.6 Å². The van der Waals surface area contributed by atoms with Gasteiger partial charge in [0.15, 0.2) is 0 Å². The zero-order chi connectivity index (χ0) is 13.4. The number of hydrogen-bond donors (Lipinski definition) is 3. The van der Waals surface area contributed by atoms with Crippen molar-refractivity contribution in [1.29, 1.82) is 0 Å². The Labute approximate surface area is 108 Å². The Morgan fingerprint density at radius 2 is 2.28 bits per heavy atom. The number of carbonyl (C=O) groups is 2. The van der Waals surface area contributed by atoms with E-state index in [1.54, 1.807) is 6.92 Å². The summed E-state index contributed by atoms with van der Waals surface area (Å²) in [6.45, 7) is 1.50. The van der Waals surface area contributed by atoms with E-state index in [1.807, 2.05) is 0 Å². The fourth-order valence-electron chi connectivity index (χ4n) is 2.53. The molecule has 0 aromatic heterocycles. The molecule has 0 bridgehead atoms. The Morgan fingerprint density at radius 1 is 1.61 bits per heavy atom. The van der Waals surface area contributed by atoms with Crippen molar-refractivity contribution in [3.63, 3.8) is 0 Å². The molecule has 1 fully saturated rings. The summed E-state index contributed by atoms with van der Waals surface area (Å²) in [5.74, 6) is -1.56. The van der Waals surface area contributed by atoms with Gasteiger partial charge in [-0.25, -0.2) is 4.79 Å². The number of aliphatic carboxylic acids is 1. The smallest absolute Gasteiger partial charge is 0.353 e. The van der Waals surface area contributed by atoms with E-state index in [-0.39, 0.29) is 24.3 Å². The summed E-state index contributed by atoms with van der Waals surface area (Å²) in [7, 11) is 0. The number of aliphatic hydroxyl groups is 2. The molecule has 2 heterocycles. The van der Waals surface area contributed by atoms with Gasteiger partial charge in [-0.05, 0) is 6.92 Å². The Morgan fingerprint density at radius 3 is 2.78 bits per heavy atom. The molecule has 2 aliphatic heterocycles. The second-order valence-corrected chi connectivity index (χ2v) is 5.58. The minimum absolute atomic E-state index is 0.0142. The summed E-state index contributed by atoms with van der Waals surface area (Å²) in [4.78, 5) is 24.9. The summed E-state index contributed by atoms with van der Waals surface area (Å²) >= 11 is 1.26. The van der Waals surface area contributed by atoms with Crippen molar-refractivity contribution in [3.05, 3.63) is 10.6 Å². The van der Waals surface area contributed by atoms with E-state index in [0.29, 0.717) is 17.1 Å². The molecule has 3 atom stereocenters. The first kappa shape index (κ1) is 13.4. The molecule has 0 aromatic carbocycles. The van der Waals surface area contributed by atoms with Gasteiger partial charge in [-0.15, -0.1) is 11.8 Å². The van der Waals surface area contributed by atoms with Crippen LogP contribution in [0.2, 0.25) is 0 Å². The zero-order valence-corrected chi connectivity index (χ0v) is 10.7. The van der Waals surface area contributed by atoms with Crippen molar-refractivity contribution >= 4 is 23.6 Å². The van der Waals surface area contributed by atoms with Crippen LogP contribution < -0.4 is 0 Å². The first-order valence-corrected chi connectivity index (χ1v) is 6.68. The molecule has 0 unspecified atom stereocenters. The van der Waals surface area contributed by atoms with Gasteiger partial charge in [-0.1, -0.05) is 0 Å². The molecule has 0 aromatic rings. The number of hydrogen-bond acceptors (Lipinski definition) is 5. The molecule has 3 N–H and O–H groups in total. The van der Waals surface area contributed by atoms with E-state index in [4.69, 9.17) is 10.2 Å². The number of aliphatic hydroxyl groups excluding tert-OH is 2. The number of fused-ring (bicyclic) bond motifs is 1. The van der Waals surface area contributed by atoms with E-state index < -0.39 is 18.0 Å². The van der Waals surface area contributed by atoms with Gasteiger partial charge < -0.3 is 20.2 Å². The molecule has 2 rings (SSSR count). The molecule has 6 nitrogen and oxygen atoms in total. The summed E-state index contributed by atoms with van der Waals surface area (Å²) in [5, 5.41) is 27.5. The van der Waals surface area contributed by atoms with Crippen molar-refractivity contribution in [1.82, 2.24) is 4.90 Å². The van der Waals surface area contributed by atoms with Crippen molar-refractivity contribution in [2.75, 3.05) is 12.4 Å². The maximum atomic E-state index is 11.8. The number of carbonyl (C=O) groups excluding carboxylic acids is 1. The van der Waals surface area contributed by atoms with Gasteiger partial charge in [0.25, 0.3) is 0 Å². The van der Waals surface area contributed by atoms with Crippen LogP contribution in [0.4, 0.5) is 0 Å². The lowest BCUT2D eigenvalue weighted by Gasteiger charge is -2.44. The monoisotopic (exact) mass is 273 g/mol. The number of carboxylic acids is 1. The predicted molar refractivity (Wildman–Crippen MR) is 64.6 cm³/mol. The molecule has 7 heteroatoms. The minimum Gasteiger partial charge on any atom is -0.477 e. The second-order valence-electron chi connectivity index (χ2n) is 4.40. The number of nitrogens with zero attached hydrogens (tertiary/aromatic N) is 1. The Bertz CT molecular complexity index is 420. The zero-order valence-electron chi connectivity index (χ0n) is 9.87. The molecule has 1 amide bonds. The van der Waals surface area contributed by atoms with E-state index in [2.05, 4.69) is 0 Å². The third-order valence-corrected chi connectivity index (χ3v) is 4.35. The first-order chi connectivity index (χ1) is 8.49. The average molecular weight is 273 g/mol. The van der Waals surface area contributed by atoms with Gasteiger partial charge in [0.2, 0.25) is 5.91 Å². The average Bonchev–Trinajstić information content (AvgIpc) is 2.60. The summed E-state index contributed by atoms with van der Waals surface area (Å²) < 4.78 is 0. The highest BCUT2D eigenvalue weighted by Crippen LogP contribution is 2.46. The van der Waals surface area contributed by atoms with Crippen molar-refractivity contribution < 1.29 is 24.9 Å². The van der Waals surface area contributed by atoms with Crippen LogP contribution in [0.5, 0.6) is 0 Å². The summed E-state index contributed by atoms with van der Waals surface area (Å²) in [6.07, 6.45) is -0.316. The van der Waals surface area contributed by atoms with Gasteiger partial charge >= 0.3 is 5.97 Å². The van der Waals surface area contributed by atoms with E-state index in [9.17, 15) is 14.7 Å². The molecular formula is C11H15NO5S. The molecule has 0 radical (unpaired) electrons. The number of thioether (sulfide) groups is 1. The normalized spacial score (nSPS) is 28.2. The highest BCUT2D eigenvalue weighted by atomic mass is 32.2. The van der Waals surface area contributed by atoms with Gasteiger partial charge in [0.1, 0.15) is 5.70 Å². The van der Waals surface area contributed by atoms with Crippen LogP contribution in [0.3, 0.4) is 0 Å². The van der Waals surface area contributed by atoms with Crippen LogP contribution in [-0.2, 0) is 9.59 Å². The fourth-order valence-corrected chi connectivity index (χ4v) is 3.48. The highest BCUT2D eigenvalue weighted by Gasteiger charge is 2.56. The molecule has 100 valence electrons. The Balaban J connectivity index is 2.21. The van der Waals surface area contributed by atoms with Crippen LogP contribution in [0.1, 0.15) is 13.3 Å². The number of rotatable bonds is 5. The Kier molecular flexibility index (Phi) is 3.65. The minimum atomic E-state index is -1.13. The lowest BCUT2D eigenvalue weighted by atomic mass is 9.83. The van der Waals surface area contributed by atoms with Gasteiger partial charge in [-0.3, -0.25) is 4.79 Å². The number of amides is 1. The molecule has 0 aliphatic carbocycles. The van der Waals surface area contributed by atoms with Gasteiger partial charge in [-0.2, -0.15) is 0 Å². The van der Waals surface area contributed by atoms with Crippen LogP contribution >= 0.6 is 11.8 Å². The second kappa shape index (κ2) is 4.91. The molecule has 0 saturated carbocycles. The van der Waals surface area contributed by atoms with E-state index in [0.717, 1.165) is 0 Å². The van der Waals surface area contributed by atoms with Crippen molar-refractivity contribution in [2.24, 2.45) is 5.92 Å². The Hall–Kier alpha value is -1.05. The van der Waals surface area contributed by atoms with Gasteiger partial charge in [0, 0.05) is 17.1 Å². The number of β-lactam (4-membered cyclic amide) rings is 1. The lowest BCUT2D eigenvalue weighted by molar-refractivity contribution is -0.161. The van der Waals surface area contributed by atoms with E-state index >= 15 is 0 Å². The first-order valence-electron chi connectivity index (χ1n) is 5.70. The molecule has 1 saturated heterocycles. The van der Waals surface area contributed by atoms with Crippen LogP contribution in [0.15, 0.2) is 10.6 Å².